The Balaban J connectivity index is 1.41. The Kier molecular flexibility index (Phi) is 16.9. The van der Waals surface area contributed by atoms with Crippen molar-refractivity contribution in [3.63, 3.8) is 0 Å². The lowest BCUT2D eigenvalue weighted by molar-refractivity contribution is -0.121. The van der Waals surface area contributed by atoms with Gasteiger partial charge in [0.15, 0.2) is 17.1 Å². The maximum Gasteiger partial charge on any atom is 0.224 e. The molecule has 1 atom stereocenters. The number of aryl methyl sites for hydroxylation is 1. The Morgan fingerprint density at radius 3 is 1.95 bits per heavy atom. The molecular weight excluding hydrogens is 733 g/mol. The van der Waals surface area contributed by atoms with Crippen molar-refractivity contribution in [2.45, 2.75) is 129 Å². The molecular formula is C48H64N2O8. The van der Waals surface area contributed by atoms with E-state index in [1.54, 1.807) is 34.5 Å². The third-order valence-electron chi connectivity index (χ3n) is 11.3. The van der Waals surface area contributed by atoms with Crippen LogP contribution in [0.3, 0.4) is 0 Å². The number of methoxy groups -OCH3 is 4. The maximum absolute atomic E-state index is 14.3. The van der Waals surface area contributed by atoms with Gasteiger partial charge in [0.2, 0.25) is 23.0 Å². The van der Waals surface area contributed by atoms with Gasteiger partial charge in [-0.3, -0.25) is 14.4 Å². The first kappa shape index (κ1) is 44.1. The Bertz CT molecular complexity index is 2040. The number of carbonyl (C=O) groups excluding carboxylic acids is 2. The van der Waals surface area contributed by atoms with Crippen LogP contribution in [0.5, 0.6) is 23.0 Å². The molecule has 5 rings (SSSR count). The number of nitrogens with one attached hydrogen (secondary N) is 2. The fourth-order valence-corrected chi connectivity index (χ4v) is 8.30. The molecule has 4 aromatic rings. The second kappa shape index (κ2) is 22.2. The summed E-state index contributed by atoms with van der Waals surface area (Å²) in [6.07, 6.45) is 18.9. The first-order chi connectivity index (χ1) is 28.2. The number of rotatable bonds is 23. The third-order valence-corrected chi connectivity index (χ3v) is 11.3. The van der Waals surface area contributed by atoms with Gasteiger partial charge in [0.1, 0.15) is 11.5 Å². The first-order valence-electron chi connectivity index (χ1n) is 21.4. The second-order valence-electron chi connectivity index (χ2n) is 15.5. The van der Waals surface area contributed by atoms with E-state index >= 15 is 0 Å². The molecule has 0 bridgehead atoms. The van der Waals surface area contributed by atoms with Gasteiger partial charge in [-0.1, -0.05) is 90.4 Å². The summed E-state index contributed by atoms with van der Waals surface area (Å²) >= 11 is 0. The highest BCUT2D eigenvalue weighted by atomic mass is 16.5. The minimum atomic E-state index is -0.483. The van der Waals surface area contributed by atoms with Crippen molar-refractivity contribution in [3.05, 3.63) is 69.4 Å². The molecule has 10 nitrogen and oxygen atoms in total. The molecule has 1 heterocycles. The summed E-state index contributed by atoms with van der Waals surface area (Å²) in [5, 5.41) is 6.71. The number of furan rings is 1. The molecule has 58 heavy (non-hydrogen) atoms. The summed E-state index contributed by atoms with van der Waals surface area (Å²) in [5.41, 5.74) is 3.98. The predicted octanol–water partition coefficient (Wildman–Crippen LogP) is 10.4. The molecule has 10 heteroatoms. The molecule has 1 aliphatic carbocycles. The van der Waals surface area contributed by atoms with Crippen LogP contribution < -0.4 is 35.0 Å². The number of fused-ring (bicyclic) bond motifs is 4. The normalized spacial score (nSPS) is 13.3. The second-order valence-corrected chi connectivity index (χ2v) is 15.5. The Hall–Kier alpha value is -4.99. The van der Waals surface area contributed by atoms with Crippen LogP contribution in [0.1, 0.15) is 133 Å². The largest absolute Gasteiger partial charge is 0.497 e. The summed E-state index contributed by atoms with van der Waals surface area (Å²) < 4.78 is 29.4. The zero-order chi connectivity index (χ0) is 41.4. The Morgan fingerprint density at radius 2 is 1.38 bits per heavy atom. The smallest absolute Gasteiger partial charge is 0.224 e. The van der Waals surface area contributed by atoms with Crippen LogP contribution in [0.15, 0.2) is 51.7 Å². The van der Waals surface area contributed by atoms with Crippen molar-refractivity contribution >= 4 is 22.8 Å². The SMILES string of the molecule is CCCCCCCCCCCCCCCCNC(=O)Cc1c(-c2ccc(OC)cc2)oc2c(=O)cc3c(cc12)-c1c(cc(OC)c(OC)c1OC)CC[C@@H]3NC(C)=O. The minimum Gasteiger partial charge on any atom is -0.497 e. The van der Waals surface area contributed by atoms with E-state index in [1.165, 1.54) is 77.6 Å². The summed E-state index contributed by atoms with van der Waals surface area (Å²) in [5.74, 6) is 2.10. The Morgan fingerprint density at radius 1 is 0.759 bits per heavy atom. The Labute approximate surface area is 344 Å². The molecule has 0 spiro atoms. The quantitative estimate of drug-likeness (QED) is 0.0711. The van der Waals surface area contributed by atoms with Crippen LogP contribution in [-0.2, 0) is 22.4 Å². The lowest BCUT2D eigenvalue weighted by Gasteiger charge is -2.20. The molecule has 314 valence electrons. The number of amides is 2. The van der Waals surface area contributed by atoms with Crippen LogP contribution >= 0.6 is 0 Å². The molecule has 2 amide bonds. The predicted molar refractivity (Wildman–Crippen MR) is 231 cm³/mol. The average Bonchev–Trinajstić information content (AvgIpc) is 3.42. The summed E-state index contributed by atoms with van der Waals surface area (Å²) in [6.45, 7) is 4.30. The third kappa shape index (κ3) is 11.1. The molecule has 1 aromatic heterocycles. The zero-order valence-electron chi connectivity index (χ0n) is 35.6. The van der Waals surface area contributed by atoms with Crippen molar-refractivity contribution in [1.29, 1.82) is 0 Å². The molecule has 1 aliphatic rings. The standard InChI is InChI=1S/C48H64N2O8/c1-7-8-9-10-11-12-13-14-15-16-17-18-19-20-27-49-43(53)31-39-38-29-37-36(30-41(52)46(38)58-45(39)33-21-24-35(54-3)25-22-33)40(50-32(2)51)26-23-34-28-42(55-4)47(56-5)48(57-6)44(34)37/h21-22,24-25,28-30,40H,7-20,23,26-27,31H2,1-6H3,(H,49,53)(H,50,51)/t40-/m0/s1. The van der Waals surface area contributed by atoms with Crippen LogP contribution in [0.4, 0.5) is 0 Å². The lowest BCUT2D eigenvalue weighted by atomic mass is 9.94. The van der Waals surface area contributed by atoms with Crippen LogP contribution in [0.25, 0.3) is 33.4 Å². The van der Waals surface area contributed by atoms with E-state index in [1.807, 2.05) is 36.4 Å². The fraction of sp³-hybridized carbons (Fsp3) is 0.521. The van der Waals surface area contributed by atoms with E-state index < -0.39 is 6.04 Å². The van der Waals surface area contributed by atoms with Crippen molar-refractivity contribution in [3.8, 4) is 45.4 Å². The summed E-state index contributed by atoms with van der Waals surface area (Å²) in [6, 6.07) is 12.3. The fourth-order valence-electron chi connectivity index (χ4n) is 8.30. The van der Waals surface area contributed by atoms with Gasteiger partial charge < -0.3 is 34.0 Å². The van der Waals surface area contributed by atoms with Crippen LogP contribution in [-0.4, -0.2) is 46.8 Å². The van der Waals surface area contributed by atoms with Crippen molar-refractivity contribution in [2.75, 3.05) is 35.0 Å². The van der Waals surface area contributed by atoms with E-state index in [4.69, 9.17) is 23.4 Å². The monoisotopic (exact) mass is 796 g/mol. The first-order valence-corrected chi connectivity index (χ1v) is 21.4. The molecule has 0 unspecified atom stereocenters. The molecule has 0 radical (unpaired) electrons. The number of hydrogen-bond acceptors (Lipinski definition) is 8. The van der Waals surface area contributed by atoms with Gasteiger partial charge in [-0.05, 0) is 78.4 Å². The molecule has 0 fully saturated rings. The number of hydrogen-bond donors (Lipinski definition) is 2. The van der Waals surface area contributed by atoms with Gasteiger partial charge in [-0.2, -0.15) is 0 Å². The molecule has 2 N–H and O–H groups in total. The number of benzene rings is 2. The average molecular weight is 797 g/mol. The highest BCUT2D eigenvalue weighted by Crippen LogP contribution is 2.51. The van der Waals surface area contributed by atoms with E-state index in [0.717, 1.165) is 30.4 Å². The van der Waals surface area contributed by atoms with Gasteiger partial charge in [-0.15, -0.1) is 0 Å². The van der Waals surface area contributed by atoms with Crippen LogP contribution in [0, 0.1) is 0 Å². The van der Waals surface area contributed by atoms with Gasteiger partial charge in [0, 0.05) is 35.5 Å². The number of ether oxygens (including phenoxy) is 4. The van der Waals surface area contributed by atoms with E-state index in [0.29, 0.717) is 75.8 Å². The number of carbonyl (C=O) groups is 2. The molecule has 3 aromatic carbocycles. The van der Waals surface area contributed by atoms with Crippen LogP contribution in [0.2, 0.25) is 0 Å². The highest BCUT2D eigenvalue weighted by Gasteiger charge is 2.31. The number of unbranched alkanes of at least 4 members (excludes halogenated alkanes) is 13. The van der Waals surface area contributed by atoms with Gasteiger partial charge in [0.25, 0.3) is 0 Å². The highest BCUT2D eigenvalue weighted by molar-refractivity contribution is 5.96. The summed E-state index contributed by atoms with van der Waals surface area (Å²) in [7, 11) is 6.30. The topological polar surface area (TPSA) is 125 Å². The van der Waals surface area contributed by atoms with E-state index in [2.05, 4.69) is 17.6 Å². The maximum atomic E-state index is 14.3. The summed E-state index contributed by atoms with van der Waals surface area (Å²) in [4.78, 5) is 40.6. The van der Waals surface area contributed by atoms with Crippen molar-refractivity contribution in [1.82, 2.24) is 10.6 Å². The molecule has 0 saturated carbocycles. The van der Waals surface area contributed by atoms with Gasteiger partial charge in [0.05, 0.1) is 40.9 Å². The van der Waals surface area contributed by atoms with Crippen molar-refractivity contribution < 1.29 is 33.0 Å². The molecule has 0 saturated heterocycles. The van der Waals surface area contributed by atoms with E-state index in [9.17, 15) is 14.4 Å². The molecule has 0 aliphatic heterocycles. The lowest BCUT2D eigenvalue weighted by Crippen LogP contribution is -2.26. The minimum absolute atomic E-state index is 0.00373. The van der Waals surface area contributed by atoms with Gasteiger partial charge >= 0.3 is 0 Å². The van der Waals surface area contributed by atoms with Gasteiger partial charge in [-0.25, -0.2) is 0 Å². The zero-order valence-corrected chi connectivity index (χ0v) is 35.6. The van der Waals surface area contributed by atoms with Crippen molar-refractivity contribution in [2.24, 2.45) is 0 Å². The van der Waals surface area contributed by atoms with E-state index in [-0.39, 0.29) is 29.2 Å².